The second kappa shape index (κ2) is 6.35. The van der Waals surface area contributed by atoms with Crippen LogP contribution in [0.2, 0.25) is 0 Å². The largest absolute Gasteiger partial charge is 0.367 e. The summed E-state index contributed by atoms with van der Waals surface area (Å²) in [5, 5.41) is 12.5. The Balaban J connectivity index is 1.72. The first-order valence-corrected chi connectivity index (χ1v) is 7.14. The van der Waals surface area contributed by atoms with E-state index >= 15 is 0 Å². The SMILES string of the molecule is Cc1ccc(Cc2c[nH]cc2CC(=O)C(=O)c2nn[nH]n2)cc1. The van der Waals surface area contributed by atoms with E-state index in [2.05, 4.69) is 37.7 Å². The number of H-pyrrole nitrogens is 2. The van der Waals surface area contributed by atoms with Crippen LogP contribution in [0.4, 0.5) is 0 Å². The number of aromatic nitrogens is 5. The number of hydrogen-bond donors (Lipinski definition) is 2. The molecule has 116 valence electrons. The van der Waals surface area contributed by atoms with Crippen LogP contribution in [-0.4, -0.2) is 37.2 Å². The van der Waals surface area contributed by atoms with Crippen molar-refractivity contribution in [2.45, 2.75) is 19.8 Å². The van der Waals surface area contributed by atoms with Crippen LogP contribution >= 0.6 is 0 Å². The molecule has 0 radical (unpaired) electrons. The summed E-state index contributed by atoms with van der Waals surface area (Å²) in [7, 11) is 0. The van der Waals surface area contributed by atoms with Gasteiger partial charge in [-0.2, -0.15) is 5.21 Å². The van der Waals surface area contributed by atoms with Gasteiger partial charge in [-0.05, 0) is 35.2 Å². The third-order valence-corrected chi connectivity index (χ3v) is 3.60. The van der Waals surface area contributed by atoms with Crippen LogP contribution in [-0.2, 0) is 17.6 Å². The molecule has 0 aliphatic heterocycles. The third kappa shape index (κ3) is 3.39. The molecule has 0 fully saturated rings. The summed E-state index contributed by atoms with van der Waals surface area (Å²) in [5.74, 6) is -1.50. The van der Waals surface area contributed by atoms with Crippen LogP contribution < -0.4 is 0 Å². The number of benzene rings is 1. The maximum absolute atomic E-state index is 12.1. The Morgan fingerprint density at radius 1 is 1.09 bits per heavy atom. The summed E-state index contributed by atoms with van der Waals surface area (Å²) in [6.45, 7) is 2.04. The van der Waals surface area contributed by atoms with Crippen molar-refractivity contribution in [1.82, 2.24) is 25.6 Å². The molecule has 23 heavy (non-hydrogen) atoms. The highest BCUT2D eigenvalue weighted by molar-refractivity contribution is 6.43. The van der Waals surface area contributed by atoms with E-state index in [9.17, 15) is 9.59 Å². The van der Waals surface area contributed by atoms with Crippen molar-refractivity contribution in [3.05, 3.63) is 64.7 Å². The number of nitrogens with one attached hydrogen (secondary N) is 2. The Kier molecular flexibility index (Phi) is 4.09. The summed E-state index contributed by atoms with van der Waals surface area (Å²) >= 11 is 0. The summed E-state index contributed by atoms with van der Waals surface area (Å²) in [5.41, 5.74) is 4.13. The van der Waals surface area contributed by atoms with E-state index in [1.54, 1.807) is 6.20 Å². The minimum Gasteiger partial charge on any atom is -0.367 e. The van der Waals surface area contributed by atoms with Crippen molar-refractivity contribution in [1.29, 1.82) is 0 Å². The molecule has 0 bridgehead atoms. The molecule has 2 aromatic heterocycles. The molecule has 2 N–H and O–H groups in total. The van der Waals surface area contributed by atoms with Gasteiger partial charge >= 0.3 is 0 Å². The first-order chi connectivity index (χ1) is 11.1. The number of hydrogen-bond acceptors (Lipinski definition) is 5. The fourth-order valence-corrected chi connectivity index (χ4v) is 2.32. The number of ketones is 2. The van der Waals surface area contributed by atoms with Gasteiger partial charge in [0, 0.05) is 18.8 Å². The third-order valence-electron chi connectivity index (χ3n) is 3.60. The minimum absolute atomic E-state index is 0.0120. The van der Waals surface area contributed by atoms with Crippen molar-refractivity contribution >= 4 is 11.6 Å². The standard InChI is InChI=1S/C16H15N5O2/c1-10-2-4-11(5-3-10)6-12-8-17-9-13(12)7-14(22)15(23)16-18-20-21-19-16/h2-5,8-9,17H,6-7H2,1H3,(H,18,19,20,21). The zero-order valence-electron chi connectivity index (χ0n) is 12.5. The molecule has 0 unspecified atom stereocenters. The molecule has 0 amide bonds. The van der Waals surface area contributed by atoms with Crippen LogP contribution in [0.25, 0.3) is 0 Å². The summed E-state index contributed by atoms with van der Waals surface area (Å²) in [6.07, 6.45) is 4.30. The van der Waals surface area contributed by atoms with Crippen LogP contribution in [0.15, 0.2) is 36.7 Å². The molecule has 7 nitrogen and oxygen atoms in total. The lowest BCUT2D eigenvalue weighted by molar-refractivity contribution is -0.114. The molecular formula is C16H15N5O2. The predicted molar refractivity (Wildman–Crippen MR) is 82.0 cm³/mol. The quantitative estimate of drug-likeness (QED) is 0.529. The smallest absolute Gasteiger partial charge is 0.269 e. The number of carbonyl (C=O) groups excluding carboxylic acids is 2. The van der Waals surface area contributed by atoms with Gasteiger partial charge in [0.1, 0.15) is 0 Å². The zero-order chi connectivity index (χ0) is 16.2. The van der Waals surface area contributed by atoms with E-state index in [1.807, 2.05) is 25.3 Å². The number of Topliss-reactive ketones (excluding diaryl/α,β-unsaturated/α-hetero) is 2. The highest BCUT2D eigenvalue weighted by Gasteiger charge is 2.22. The number of carbonyl (C=O) groups is 2. The molecule has 3 rings (SSSR count). The number of tetrazole rings is 1. The van der Waals surface area contributed by atoms with Crippen LogP contribution in [0, 0.1) is 6.92 Å². The monoisotopic (exact) mass is 309 g/mol. The molecule has 2 heterocycles. The Bertz CT molecular complexity index is 819. The van der Waals surface area contributed by atoms with Gasteiger partial charge < -0.3 is 4.98 Å². The van der Waals surface area contributed by atoms with Crippen LogP contribution in [0.1, 0.15) is 32.9 Å². The Morgan fingerprint density at radius 2 is 1.83 bits per heavy atom. The average Bonchev–Trinajstić information content (AvgIpc) is 3.21. The van der Waals surface area contributed by atoms with Crippen molar-refractivity contribution in [2.75, 3.05) is 0 Å². The highest BCUT2D eigenvalue weighted by Crippen LogP contribution is 2.16. The van der Waals surface area contributed by atoms with Gasteiger partial charge in [-0.3, -0.25) is 9.59 Å². The van der Waals surface area contributed by atoms with Gasteiger partial charge in [0.25, 0.3) is 5.78 Å². The summed E-state index contributed by atoms with van der Waals surface area (Å²) in [6, 6.07) is 8.20. The first-order valence-electron chi connectivity index (χ1n) is 7.14. The van der Waals surface area contributed by atoms with E-state index in [0.717, 1.165) is 16.7 Å². The number of aromatic amines is 2. The second-order valence-electron chi connectivity index (χ2n) is 5.33. The van der Waals surface area contributed by atoms with E-state index in [0.29, 0.717) is 6.42 Å². The molecule has 0 atom stereocenters. The lowest BCUT2D eigenvalue weighted by Gasteiger charge is -2.04. The van der Waals surface area contributed by atoms with Crippen LogP contribution in [0.3, 0.4) is 0 Å². The van der Waals surface area contributed by atoms with Gasteiger partial charge in [-0.15, -0.1) is 10.2 Å². The van der Waals surface area contributed by atoms with Crippen molar-refractivity contribution < 1.29 is 9.59 Å². The molecule has 0 spiro atoms. The lowest BCUT2D eigenvalue weighted by Crippen LogP contribution is -2.18. The molecular weight excluding hydrogens is 294 g/mol. The van der Waals surface area contributed by atoms with E-state index in [-0.39, 0.29) is 12.2 Å². The minimum atomic E-state index is -0.735. The predicted octanol–water partition coefficient (Wildman–Crippen LogP) is 1.42. The molecule has 7 heteroatoms. The van der Waals surface area contributed by atoms with E-state index in [1.165, 1.54) is 5.56 Å². The van der Waals surface area contributed by atoms with Gasteiger partial charge in [0.2, 0.25) is 11.6 Å². The second-order valence-corrected chi connectivity index (χ2v) is 5.33. The fraction of sp³-hybridized carbons (Fsp3) is 0.188. The maximum Gasteiger partial charge on any atom is 0.269 e. The lowest BCUT2D eigenvalue weighted by atomic mass is 9.99. The van der Waals surface area contributed by atoms with E-state index in [4.69, 9.17) is 0 Å². The fourth-order valence-electron chi connectivity index (χ4n) is 2.32. The summed E-state index contributed by atoms with van der Waals surface area (Å²) < 4.78 is 0. The normalized spacial score (nSPS) is 10.7. The van der Waals surface area contributed by atoms with Gasteiger partial charge in [0.15, 0.2) is 0 Å². The Morgan fingerprint density at radius 3 is 2.52 bits per heavy atom. The van der Waals surface area contributed by atoms with E-state index < -0.39 is 11.6 Å². The van der Waals surface area contributed by atoms with Crippen LogP contribution in [0.5, 0.6) is 0 Å². The van der Waals surface area contributed by atoms with Gasteiger partial charge in [-0.1, -0.05) is 29.8 Å². The maximum atomic E-state index is 12.1. The zero-order valence-corrected chi connectivity index (χ0v) is 12.5. The van der Waals surface area contributed by atoms with Gasteiger partial charge in [-0.25, -0.2) is 0 Å². The Labute approximate surface area is 132 Å². The topological polar surface area (TPSA) is 104 Å². The molecule has 0 aliphatic rings. The highest BCUT2D eigenvalue weighted by atomic mass is 16.2. The van der Waals surface area contributed by atoms with Crippen molar-refractivity contribution in [3.8, 4) is 0 Å². The molecule has 0 aliphatic carbocycles. The molecule has 0 saturated carbocycles. The average molecular weight is 309 g/mol. The number of aryl methyl sites for hydroxylation is 1. The Hall–Kier alpha value is -3.09. The first kappa shape index (κ1) is 14.8. The van der Waals surface area contributed by atoms with Gasteiger partial charge in [0.05, 0.1) is 0 Å². The number of nitrogens with zero attached hydrogens (tertiary/aromatic N) is 3. The summed E-state index contributed by atoms with van der Waals surface area (Å²) in [4.78, 5) is 27.0. The molecule has 1 aromatic carbocycles. The number of rotatable bonds is 6. The van der Waals surface area contributed by atoms with Crippen molar-refractivity contribution in [2.24, 2.45) is 0 Å². The molecule has 0 saturated heterocycles. The molecule has 3 aromatic rings. The van der Waals surface area contributed by atoms with Crippen molar-refractivity contribution in [3.63, 3.8) is 0 Å².